The van der Waals surface area contributed by atoms with E-state index in [0.29, 0.717) is 22.1 Å². The van der Waals surface area contributed by atoms with Gasteiger partial charge in [0.2, 0.25) is 5.91 Å². The van der Waals surface area contributed by atoms with E-state index in [-0.39, 0.29) is 5.91 Å². The van der Waals surface area contributed by atoms with Crippen LogP contribution in [0.25, 0.3) is 6.08 Å². The summed E-state index contributed by atoms with van der Waals surface area (Å²) in [6, 6.07) is 5.34. The molecule has 0 saturated heterocycles. The van der Waals surface area contributed by atoms with Gasteiger partial charge in [-0.2, -0.15) is 0 Å². The van der Waals surface area contributed by atoms with Crippen molar-refractivity contribution in [3.8, 4) is 11.5 Å². The molecule has 1 aromatic carbocycles. The number of carbonyl (C=O) groups excluding carboxylic acids is 2. The second kappa shape index (κ2) is 8.53. The summed E-state index contributed by atoms with van der Waals surface area (Å²) in [5, 5.41) is 3.23. The molecule has 0 aliphatic heterocycles. The first-order valence-electron chi connectivity index (χ1n) is 7.80. The third-order valence-electron chi connectivity index (χ3n) is 3.85. The number of ether oxygens (including phenoxy) is 3. The molecule has 0 unspecified atom stereocenters. The molecule has 2 aromatic rings. The van der Waals surface area contributed by atoms with Crippen LogP contribution in [-0.4, -0.2) is 33.2 Å². The smallest absolute Gasteiger partial charge is 0.341 e. The van der Waals surface area contributed by atoms with Crippen LogP contribution >= 0.6 is 11.3 Å². The molecule has 0 saturated carbocycles. The number of carbonyl (C=O) groups is 2. The fourth-order valence-electron chi connectivity index (χ4n) is 2.34. The zero-order valence-corrected chi connectivity index (χ0v) is 16.2. The monoisotopic (exact) mass is 375 g/mol. The van der Waals surface area contributed by atoms with Crippen LogP contribution in [0.4, 0.5) is 5.00 Å². The molecule has 0 radical (unpaired) electrons. The molecular weight excluding hydrogens is 354 g/mol. The molecule has 0 bridgehead atoms. The molecule has 6 nitrogen and oxygen atoms in total. The zero-order chi connectivity index (χ0) is 19.3. The van der Waals surface area contributed by atoms with Gasteiger partial charge in [0.25, 0.3) is 0 Å². The average Bonchev–Trinajstić information content (AvgIpc) is 2.92. The Morgan fingerprint density at radius 1 is 1.08 bits per heavy atom. The molecule has 2 rings (SSSR count). The summed E-state index contributed by atoms with van der Waals surface area (Å²) in [4.78, 5) is 25.1. The maximum atomic E-state index is 12.2. The molecule has 0 spiro atoms. The van der Waals surface area contributed by atoms with Gasteiger partial charge in [0.15, 0.2) is 11.5 Å². The van der Waals surface area contributed by atoms with E-state index >= 15 is 0 Å². The van der Waals surface area contributed by atoms with E-state index in [0.717, 1.165) is 16.0 Å². The van der Waals surface area contributed by atoms with Gasteiger partial charge in [-0.1, -0.05) is 6.07 Å². The first-order chi connectivity index (χ1) is 12.4. The Morgan fingerprint density at radius 2 is 1.77 bits per heavy atom. The van der Waals surface area contributed by atoms with Gasteiger partial charge in [-0.15, -0.1) is 11.3 Å². The molecule has 26 heavy (non-hydrogen) atoms. The molecule has 7 heteroatoms. The second-order valence-corrected chi connectivity index (χ2v) is 6.64. The number of aryl methyl sites for hydroxylation is 1. The predicted octanol–water partition coefficient (Wildman–Crippen LogP) is 3.82. The van der Waals surface area contributed by atoms with Crippen molar-refractivity contribution in [2.75, 3.05) is 26.6 Å². The van der Waals surface area contributed by atoms with Crippen LogP contribution in [0.1, 0.15) is 26.4 Å². The molecule has 0 aliphatic carbocycles. The SMILES string of the molecule is COC(=O)c1c(NC(=O)/C=C\c2ccc(OC)c(OC)c2)sc(C)c1C. The highest BCUT2D eigenvalue weighted by molar-refractivity contribution is 7.16. The maximum absolute atomic E-state index is 12.2. The van der Waals surface area contributed by atoms with Gasteiger partial charge in [0.1, 0.15) is 5.00 Å². The normalized spacial score (nSPS) is 10.7. The third-order valence-corrected chi connectivity index (χ3v) is 4.97. The van der Waals surface area contributed by atoms with E-state index in [1.165, 1.54) is 24.5 Å². The van der Waals surface area contributed by atoms with Crippen LogP contribution in [0.2, 0.25) is 0 Å². The van der Waals surface area contributed by atoms with Crippen molar-refractivity contribution in [3.05, 3.63) is 45.8 Å². The highest BCUT2D eigenvalue weighted by Gasteiger charge is 2.20. The van der Waals surface area contributed by atoms with Crippen molar-refractivity contribution < 1.29 is 23.8 Å². The Hall–Kier alpha value is -2.80. The molecule has 0 atom stereocenters. The Balaban J connectivity index is 2.18. The van der Waals surface area contributed by atoms with Crippen molar-refractivity contribution in [2.45, 2.75) is 13.8 Å². The molecule has 1 amide bonds. The summed E-state index contributed by atoms with van der Waals surface area (Å²) < 4.78 is 15.2. The number of rotatable bonds is 6. The number of hydrogen-bond acceptors (Lipinski definition) is 6. The number of anilines is 1. The van der Waals surface area contributed by atoms with Crippen LogP contribution in [0.5, 0.6) is 11.5 Å². The number of amides is 1. The third kappa shape index (κ3) is 4.23. The number of thiophene rings is 1. The minimum atomic E-state index is -0.467. The van der Waals surface area contributed by atoms with Gasteiger partial charge in [-0.25, -0.2) is 4.79 Å². The lowest BCUT2D eigenvalue weighted by Crippen LogP contribution is -2.11. The van der Waals surface area contributed by atoms with Gasteiger partial charge < -0.3 is 19.5 Å². The molecule has 1 heterocycles. The Bertz CT molecular complexity index is 854. The number of methoxy groups -OCH3 is 3. The maximum Gasteiger partial charge on any atom is 0.341 e. The molecule has 138 valence electrons. The molecule has 1 N–H and O–H groups in total. The largest absolute Gasteiger partial charge is 0.493 e. The summed E-state index contributed by atoms with van der Waals surface area (Å²) in [6.45, 7) is 3.72. The van der Waals surface area contributed by atoms with Crippen molar-refractivity contribution >= 4 is 34.3 Å². The Labute approximate surface area is 156 Å². The fourth-order valence-corrected chi connectivity index (χ4v) is 3.40. The van der Waals surface area contributed by atoms with Gasteiger partial charge in [-0.05, 0) is 43.2 Å². The highest BCUT2D eigenvalue weighted by atomic mass is 32.1. The molecule has 0 fully saturated rings. The standard InChI is InChI=1S/C19H21NO5S/c1-11-12(2)26-18(17(11)19(22)25-5)20-16(21)9-7-13-6-8-14(23-3)15(10-13)24-4/h6-10H,1-5H3,(H,20,21)/b9-7-. The summed E-state index contributed by atoms with van der Waals surface area (Å²) >= 11 is 1.34. The van der Waals surface area contributed by atoms with Crippen molar-refractivity contribution in [1.82, 2.24) is 0 Å². The lowest BCUT2D eigenvalue weighted by molar-refractivity contribution is -0.111. The van der Waals surface area contributed by atoms with Crippen LogP contribution in [0, 0.1) is 13.8 Å². The van der Waals surface area contributed by atoms with Gasteiger partial charge in [0, 0.05) is 11.0 Å². The number of benzene rings is 1. The van der Waals surface area contributed by atoms with Crippen LogP contribution in [-0.2, 0) is 9.53 Å². The van der Waals surface area contributed by atoms with E-state index in [1.807, 2.05) is 19.9 Å². The highest BCUT2D eigenvalue weighted by Crippen LogP contribution is 2.33. The van der Waals surface area contributed by atoms with E-state index in [1.54, 1.807) is 32.4 Å². The quantitative estimate of drug-likeness (QED) is 0.614. The van der Waals surface area contributed by atoms with Crippen LogP contribution in [0.3, 0.4) is 0 Å². The molecule has 0 aliphatic rings. The Kier molecular flexibility index (Phi) is 6.41. The first kappa shape index (κ1) is 19.5. The predicted molar refractivity (Wildman–Crippen MR) is 102 cm³/mol. The number of nitrogens with one attached hydrogen (secondary N) is 1. The fraction of sp³-hybridized carbons (Fsp3) is 0.263. The summed E-state index contributed by atoms with van der Waals surface area (Å²) in [5.74, 6) is 0.381. The van der Waals surface area contributed by atoms with Crippen molar-refractivity contribution in [1.29, 1.82) is 0 Å². The molecule has 1 aromatic heterocycles. The zero-order valence-electron chi connectivity index (χ0n) is 15.3. The van der Waals surface area contributed by atoms with Gasteiger partial charge >= 0.3 is 5.97 Å². The van der Waals surface area contributed by atoms with Crippen molar-refractivity contribution in [2.24, 2.45) is 0 Å². The summed E-state index contributed by atoms with van der Waals surface area (Å²) in [5.41, 5.74) is 1.98. The average molecular weight is 375 g/mol. The first-order valence-corrected chi connectivity index (χ1v) is 8.62. The lowest BCUT2D eigenvalue weighted by Gasteiger charge is -2.07. The Morgan fingerprint density at radius 3 is 2.38 bits per heavy atom. The van der Waals surface area contributed by atoms with E-state index < -0.39 is 5.97 Å². The second-order valence-electron chi connectivity index (χ2n) is 5.42. The van der Waals surface area contributed by atoms with Crippen LogP contribution < -0.4 is 14.8 Å². The van der Waals surface area contributed by atoms with E-state index in [2.05, 4.69) is 5.32 Å². The number of hydrogen-bond donors (Lipinski definition) is 1. The van der Waals surface area contributed by atoms with Gasteiger partial charge in [0.05, 0.1) is 26.9 Å². The van der Waals surface area contributed by atoms with E-state index in [4.69, 9.17) is 14.2 Å². The minimum absolute atomic E-state index is 0.341. The van der Waals surface area contributed by atoms with Gasteiger partial charge in [-0.3, -0.25) is 4.79 Å². The van der Waals surface area contributed by atoms with Crippen molar-refractivity contribution in [3.63, 3.8) is 0 Å². The summed E-state index contributed by atoms with van der Waals surface area (Å²) in [6.07, 6.45) is 3.05. The topological polar surface area (TPSA) is 73.9 Å². The lowest BCUT2D eigenvalue weighted by atomic mass is 10.1. The summed E-state index contributed by atoms with van der Waals surface area (Å²) in [7, 11) is 4.43. The molecular formula is C19H21NO5S. The van der Waals surface area contributed by atoms with Crippen LogP contribution in [0.15, 0.2) is 24.3 Å². The number of esters is 1. The van der Waals surface area contributed by atoms with E-state index in [9.17, 15) is 9.59 Å². The minimum Gasteiger partial charge on any atom is -0.493 e.